The van der Waals surface area contributed by atoms with Gasteiger partial charge in [-0.25, -0.2) is 4.79 Å². The van der Waals surface area contributed by atoms with Gasteiger partial charge in [0.1, 0.15) is 0 Å². The summed E-state index contributed by atoms with van der Waals surface area (Å²) in [5, 5.41) is 11.9. The zero-order valence-corrected chi connectivity index (χ0v) is 7.49. The number of hydrogen-bond donors (Lipinski definition) is 2. The fraction of sp³-hybridized carbons (Fsp3) is 0. The van der Waals surface area contributed by atoms with Gasteiger partial charge in [-0.2, -0.15) is 5.10 Å². The first kappa shape index (κ1) is 11.4. The first-order chi connectivity index (χ1) is 5.74. The second kappa shape index (κ2) is 5.16. The molecule has 0 unspecified atom stereocenters. The van der Waals surface area contributed by atoms with Crippen molar-refractivity contribution in [3.63, 3.8) is 0 Å². The lowest BCUT2D eigenvalue weighted by atomic mass is 10.1. The molecule has 70 valence electrons. The van der Waals surface area contributed by atoms with Crippen molar-refractivity contribution in [2.24, 2.45) is 10.9 Å². The van der Waals surface area contributed by atoms with Gasteiger partial charge in [-0.1, -0.05) is 12.1 Å². The summed E-state index contributed by atoms with van der Waals surface area (Å²) in [6, 6.07) is 6.37. The monoisotopic (exact) mass is 200 g/mol. The topological polar surface area (TPSA) is 75.7 Å². The van der Waals surface area contributed by atoms with Crippen LogP contribution in [0.5, 0.6) is 0 Å². The first-order valence-corrected chi connectivity index (χ1v) is 3.30. The van der Waals surface area contributed by atoms with E-state index in [0.29, 0.717) is 5.56 Å². The van der Waals surface area contributed by atoms with Gasteiger partial charge in [-0.3, -0.25) is 0 Å². The lowest BCUT2D eigenvalue weighted by Gasteiger charge is -1.94. The highest BCUT2D eigenvalue weighted by Crippen LogP contribution is 2.02. The molecule has 0 aliphatic carbocycles. The Morgan fingerprint density at radius 3 is 2.77 bits per heavy atom. The number of nitrogens with two attached hydrogens (primary N) is 1. The van der Waals surface area contributed by atoms with Gasteiger partial charge in [0, 0.05) is 0 Å². The van der Waals surface area contributed by atoms with Crippen LogP contribution in [0.2, 0.25) is 0 Å². The number of halogens is 1. The molecule has 0 fully saturated rings. The molecular weight excluding hydrogens is 192 g/mol. The molecule has 0 spiro atoms. The van der Waals surface area contributed by atoms with E-state index in [1.54, 1.807) is 12.1 Å². The van der Waals surface area contributed by atoms with Crippen molar-refractivity contribution in [1.82, 2.24) is 0 Å². The van der Waals surface area contributed by atoms with Crippen LogP contribution in [0.1, 0.15) is 15.9 Å². The van der Waals surface area contributed by atoms with Crippen molar-refractivity contribution in [3.05, 3.63) is 35.4 Å². The minimum Gasteiger partial charge on any atom is -0.478 e. The molecule has 13 heavy (non-hydrogen) atoms. The average molecular weight is 201 g/mol. The number of nitrogens with zero attached hydrogens (tertiary/aromatic N) is 1. The number of rotatable bonds is 2. The highest BCUT2D eigenvalue weighted by atomic mass is 35.5. The van der Waals surface area contributed by atoms with Gasteiger partial charge in [0.2, 0.25) is 0 Å². The van der Waals surface area contributed by atoms with Crippen LogP contribution in [0.3, 0.4) is 0 Å². The van der Waals surface area contributed by atoms with Gasteiger partial charge < -0.3 is 10.9 Å². The number of carboxylic acid groups (broad SMARTS) is 1. The third-order valence-corrected chi connectivity index (χ3v) is 1.36. The Balaban J connectivity index is 0.00000144. The predicted molar refractivity (Wildman–Crippen MR) is 52.4 cm³/mol. The molecule has 0 saturated heterocycles. The normalized spacial score (nSPS) is 9.54. The lowest BCUT2D eigenvalue weighted by molar-refractivity contribution is 0.0697. The Hall–Kier alpha value is -1.55. The third kappa shape index (κ3) is 3.13. The van der Waals surface area contributed by atoms with Crippen molar-refractivity contribution in [2.45, 2.75) is 0 Å². The van der Waals surface area contributed by atoms with Crippen molar-refractivity contribution in [2.75, 3.05) is 0 Å². The highest BCUT2D eigenvalue weighted by Gasteiger charge is 2.00. The third-order valence-electron chi connectivity index (χ3n) is 1.36. The van der Waals surface area contributed by atoms with Crippen molar-refractivity contribution in [1.29, 1.82) is 0 Å². The van der Waals surface area contributed by atoms with E-state index in [2.05, 4.69) is 5.10 Å². The summed E-state index contributed by atoms with van der Waals surface area (Å²) in [5.41, 5.74) is 0.907. The molecule has 5 heteroatoms. The van der Waals surface area contributed by atoms with E-state index in [4.69, 9.17) is 10.9 Å². The second-order valence-corrected chi connectivity index (χ2v) is 2.21. The Morgan fingerprint density at radius 2 is 2.23 bits per heavy atom. The molecule has 0 bridgehead atoms. The van der Waals surface area contributed by atoms with E-state index in [1.807, 2.05) is 0 Å². The Labute approximate surface area is 81.5 Å². The Morgan fingerprint density at radius 1 is 1.54 bits per heavy atom. The maximum Gasteiger partial charge on any atom is 0.335 e. The fourth-order valence-electron chi connectivity index (χ4n) is 0.838. The van der Waals surface area contributed by atoms with Crippen LogP contribution in [0.4, 0.5) is 0 Å². The van der Waals surface area contributed by atoms with Gasteiger partial charge in [0.25, 0.3) is 0 Å². The maximum absolute atomic E-state index is 10.5. The fourth-order valence-corrected chi connectivity index (χ4v) is 0.838. The SMILES string of the molecule is Cl.N/N=C/c1cccc(C(=O)O)c1. The zero-order valence-electron chi connectivity index (χ0n) is 6.68. The van der Waals surface area contributed by atoms with Crippen LogP contribution in [-0.4, -0.2) is 17.3 Å². The van der Waals surface area contributed by atoms with Crippen molar-refractivity contribution in [3.8, 4) is 0 Å². The molecule has 1 rings (SSSR count). The standard InChI is InChI=1S/C8H8N2O2.ClH/c9-10-5-6-2-1-3-7(4-6)8(11)12;/h1-5H,9H2,(H,11,12);1H/b10-5+;. The Kier molecular flexibility index (Phi) is 4.54. The van der Waals surface area contributed by atoms with E-state index >= 15 is 0 Å². The summed E-state index contributed by atoms with van der Waals surface area (Å²) < 4.78 is 0. The molecule has 0 aliphatic heterocycles. The molecule has 1 aromatic carbocycles. The molecule has 0 heterocycles. The van der Waals surface area contributed by atoms with Gasteiger partial charge in [0.05, 0.1) is 11.8 Å². The minimum atomic E-state index is -0.956. The molecule has 1 aromatic rings. The predicted octanol–water partition coefficient (Wildman–Crippen LogP) is 1.10. The van der Waals surface area contributed by atoms with Crippen molar-refractivity contribution >= 4 is 24.6 Å². The van der Waals surface area contributed by atoms with E-state index in [9.17, 15) is 4.79 Å². The summed E-state index contributed by atoms with van der Waals surface area (Å²) in [5.74, 6) is 3.95. The van der Waals surface area contributed by atoms with E-state index in [-0.39, 0.29) is 18.0 Å². The summed E-state index contributed by atoms with van der Waals surface area (Å²) in [6.07, 6.45) is 1.40. The van der Waals surface area contributed by atoms with Crippen LogP contribution in [0.15, 0.2) is 29.4 Å². The molecule has 0 amide bonds. The number of carbonyl (C=O) groups is 1. The van der Waals surface area contributed by atoms with Crippen LogP contribution < -0.4 is 5.84 Å². The maximum atomic E-state index is 10.5. The molecule has 0 aliphatic rings. The van der Waals surface area contributed by atoms with Gasteiger partial charge in [-0.05, 0) is 17.7 Å². The lowest BCUT2D eigenvalue weighted by Crippen LogP contribution is -1.97. The quantitative estimate of drug-likeness (QED) is 0.427. The second-order valence-electron chi connectivity index (χ2n) is 2.21. The molecule has 3 N–H and O–H groups in total. The van der Waals surface area contributed by atoms with Gasteiger partial charge >= 0.3 is 5.97 Å². The summed E-state index contributed by atoms with van der Waals surface area (Å²) in [4.78, 5) is 10.5. The van der Waals surface area contributed by atoms with Gasteiger partial charge in [-0.15, -0.1) is 12.4 Å². The number of benzene rings is 1. The van der Waals surface area contributed by atoms with Gasteiger partial charge in [0.15, 0.2) is 0 Å². The smallest absolute Gasteiger partial charge is 0.335 e. The number of carboxylic acids is 1. The summed E-state index contributed by atoms with van der Waals surface area (Å²) in [6.45, 7) is 0. The first-order valence-electron chi connectivity index (χ1n) is 3.30. The molecule has 0 radical (unpaired) electrons. The van der Waals surface area contributed by atoms with Crippen LogP contribution in [-0.2, 0) is 0 Å². The molecule has 4 nitrogen and oxygen atoms in total. The molecule has 0 atom stereocenters. The Bertz CT molecular complexity index is 326. The number of aromatic carboxylic acids is 1. The summed E-state index contributed by atoms with van der Waals surface area (Å²) in [7, 11) is 0. The van der Waals surface area contributed by atoms with Crippen molar-refractivity contribution < 1.29 is 9.90 Å². The van der Waals surface area contributed by atoms with Crippen LogP contribution >= 0.6 is 12.4 Å². The molecular formula is C8H9ClN2O2. The van der Waals surface area contributed by atoms with E-state index in [0.717, 1.165) is 0 Å². The van der Waals surface area contributed by atoms with E-state index in [1.165, 1.54) is 18.3 Å². The minimum absolute atomic E-state index is 0. The molecule has 0 aromatic heterocycles. The summed E-state index contributed by atoms with van der Waals surface area (Å²) >= 11 is 0. The average Bonchev–Trinajstić information content (AvgIpc) is 2.05. The largest absolute Gasteiger partial charge is 0.478 e. The number of hydrogen-bond acceptors (Lipinski definition) is 3. The zero-order chi connectivity index (χ0) is 8.97. The molecule has 0 saturated carbocycles. The van der Waals surface area contributed by atoms with E-state index < -0.39 is 5.97 Å². The van der Waals surface area contributed by atoms with Crippen LogP contribution in [0, 0.1) is 0 Å². The number of hydrazone groups is 1. The highest BCUT2D eigenvalue weighted by molar-refractivity contribution is 5.90. The van der Waals surface area contributed by atoms with Crippen LogP contribution in [0.25, 0.3) is 0 Å².